The van der Waals surface area contributed by atoms with Gasteiger partial charge in [-0.05, 0) is 62.1 Å². The lowest BCUT2D eigenvalue weighted by molar-refractivity contribution is 1.19. The van der Waals surface area contributed by atoms with Gasteiger partial charge in [0, 0.05) is 10.0 Å². The van der Waals surface area contributed by atoms with E-state index in [1.54, 1.807) is 0 Å². The van der Waals surface area contributed by atoms with Crippen molar-refractivity contribution < 1.29 is 0 Å². The second-order valence-corrected chi connectivity index (χ2v) is 6.79. The Morgan fingerprint density at radius 2 is 1.15 bits per heavy atom. The summed E-state index contributed by atoms with van der Waals surface area (Å²) in [5.41, 5.74) is 11.7. The molecule has 0 spiro atoms. The van der Waals surface area contributed by atoms with E-state index in [2.05, 4.69) is 34.9 Å². The Labute approximate surface area is 165 Å². The van der Waals surface area contributed by atoms with Crippen LogP contribution in [-0.2, 0) is 0 Å². The van der Waals surface area contributed by atoms with Gasteiger partial charge in [0.15, 0.2) is 0 Å². The summed E-state index contributed by atoms with van der Waals surface area (Å²) in [6.07, 6.45) is 1.52. The summed E-state index contributed by atoms with van der Waals surface area (Å²) in [6.45, 7) is 8.04. The fourth-order valence-corrected chi connectivity index (χ4v) is 2.65. The van der Waals surface area contributed by atoms with Crippen LogP contribution >= 0.6 is 23.2 Å². The number of aryl methyl sites for hydroxylation is 2. The minimum atomic E-state index is 0.713. The maximum absolute atomic E-state index is 6.16. The molecular weight excluding hydrogens is 367 g/mol. The minimum absolute atomic E-state index is 0.713. The Morgan fingerprint density at radius 3 is 1.46 bits per heavy atom. The Balaban J connectivity index is 2.15. The molecule has 0 fully saturated rings. The van der Waals surface area contributed by atoms with Crippen molar-refractivity contribution in [1.82, 2.24) is 0 Å². The number of anilines is 2. The molecule has 0 atom stereocenters. The first-order valence-corrected chi connectivity index (χ1v) is 9.38. The van der Waals surface area contributed by atoms with Gasteiger partial charge < -0.3 is 0 Å². The summed E-state index contributed by atoms with van der Waals surface area (Å²) in [4.78, 5) is 0. The van der Waals surface area contributed by atoms with Gasteiger partial charge in [-0.25, -0.2) is 0 Å². The van der Waals surface area contributed by atoms with Gasteiger partial charge in [-0.3, -0.25) is 10.9 Å². The van der Waals surface area contributed by atoms with Crippen molar-refractivity contribution in [2.24, 2.45) is 10.2 Å². The first-order valence-electron chi connectivity index (χ1n) is 8.62. The molecule has 6 heteroatoms. The third-order valence-corrected chi connectivity index (χ3v) is 4.80. The number of hydrogen-bond acceptors (Lipinski definition) is 4. The van der Waals surface area contributed by atoms with Gasteiger partial charge in [0.05, 0.1) is 22.8 Å². The lowest BCUT2D eigenvalue weighted by Gasteiger charge is -2.10. The Bertz CT molecular complexity index is 759. The van der Waals surface area contributed by atoms with E-state index >= 15 is 0 Å². The summed E-state index contributed by atoms with van der Waals surface area (Å²) in [5.74, 6) is 0. The van der Waals surface area contributed by atoms with Crippen LogP contribution < -0.4 is 10.9 Å². The van der Waals surface area contributed by atoms with Crippen molar-refractivity contribution in [3.05, 3.63) is 57.6 Å². The van der Waals surface area contributed by atoms with Crippen LogP contribution in [0.5, 0.6) is 0 Å². The molecule has 2 aromatic rings. The van der Waals surface area contributed by atoms with Crippen molar-refractivity contribution in [1.29, 1.82) is 0 Å². The molecule has 0 amide bonds. The molecular formula is C20H24Cl2N4. The van der Waals surface area contributed by atoms with E-state index in [0.717, 1.165) is 46.8 Å². The zero-order valence-electron chi connectivity index (χ0n) is 15.5. The predicted molar refractivity (Wildman–Crippen MR) is 115 cm³/mol. The third-order valence-electron chi connectivity index (χ3n) is 3.99. The van der Waals surface area contributed by atoms with Gasteiger partial charge in [0.25, 0.3) is 0 Å². The maximum atomic E-state index is 6.16. The molecule has 0 saturated heterocycles. The first kappa shape index (κ1) is 20.3. The van der Waals surface area contributed by atoms with Gasteiger partial charge in [-0.1, -0.05) is 49.2 Å². The number of hydrazone groups is 2. The molecule has 2 rings (SSSR count). The second-order valence-electron chi connectivity index (χ2n) is 5.98. The zero-order valence-corrected chi connectivity index (χ0v) is 17.0. The molecule has 138 valence electrons. The van der Waals surface area contributed by atoms with Crippen LogP contribution in [-0.4, -0.2) is 11.4 Å². The molecule has 0 radical (unpaired) electrons. The van der Waals surface area contributed by atoms with Crippen molar-refractivity contribution in [3.8, 4) is 0 Å². The van der Waals surface area contributed by atoms with Gasteiger partial charge in [0.2, 0.25) is 0 Å². The standard InChI is InChI=1S/C20H24Cl2N4/c1-5-19(25-23-15-9-7-13(3)17(21)11-15)20(6-2)26-24-16-10-8-14(4)18(22)12-16/h7-12,23-24H,5-6H2,1-4H3/b25-19-,26-20-. The minimum Gasteiger partial charge on any atom is -0.278 e. The van der Waals surface area contributed by atoms with Gasteiger partial charge in [0.1, 0.15) is 0 Å². The fourth-order valence-electron chi connectivity index (χ4n) is 2.28. The van der Waals surface area contributed by atoms with Crippen LogP contribution in [0.15, 0.2) is 46.6 Å². The average Bonchev–Trinajstić information content (AvgIpc) is 2.63. The highest BCUT2D eigenvalue weighted by Crippen LogP contribution is 2.21. The molecule has 0 bridgehead atoms. The normalized spacial score (nSPS) is 12.2. The number of benzene rings is 2. The molecule has 0 aliphatic rings. The summed E-state index contributed by atoms with van der Waals surface area (Å²) >= 11 is 12.3. The van der Waals surface area contributed by atoms with E-state index < -0.39 is 0 Å². The number of nitrogens with zero attached hydrogens (tertiary/aromatic N) is 2. The lowest BCUT2D eigenvalue weighted by Crippen LogP contribution is -2.16. The van der Waals surface area contributed by atoms with E-state index in [1.807, 2.05) is 50.2 Å². The van der Waals surface area contributed by atoms with Crippen LogP contribution in [0.2, 0.25) is 10.0 Å². The fraction of sp³-hybridized carbons (Fsp3) is 0.300. The molecule has 0 saturated carbocycles. The molecule has 0 unspecified atom stereocenters. The van der Waals surface area contributed by atoms with E-state index in [4.69, 9.17) is 23.2 Å². The van der Waals surface area contributed by atoms with E-state index in [1.165, 1.54) is 0 Å². The summed E-state index contributed by atoms with van der Waals surface area (Å²) < 4.78 is 0. The molecule has 0 aliphatic carbocycles. The quantitative estimate of drug-likeness (QED) is 0.409. The smallest absolute Gasteiger partial charge is 0.0836 e. The lowest BCUT2D eigenvalue weighted by atomic mass is 10.1. The number of halogens is 2. The van der Waals surface area contributed by atoms with Gasteiger partial charge in [-0.2, -0.15) is 10.2 Å². The summed E-state index contributed by atoms with van der Waals surface area (Å²) in [5, 5.41) is 10.4. The van der Waals surface area contributed by atoms with E-state index in [9.17, 15) is 0 Å². The topological polar surface area (TPSA) is 48.8 Å². The highest BCUT2D eigenvalue weighted by molar-refractivity contribution is 6.42. The maximum Gasteiger partial charge on any atom is 0.0836 e. The third kappa shape index (κ3) is 5.48. The van der Waals surface area contributed by atoms with Crippen molar-refractivity contribution >= 4 is 46.0 Å². The second kappa shape index (κ2) is 9.60. The van der Waals surface area contributed by atoms with Crippen LogP contribution in [0.4, 0.5) is 11.4 Å². The molecule has 2 N–H and O–H groups in total. The SMILES string of the molecule is CCC(=N/Nc1ccc(C)c(Cl)c1)/C(CC)=N\Nc1ccc(C)c(Cl)c1. The van der Waals surface area contributed by atoms with Gasteiger partial charge in [-0.15, -0.1) is 0 Å². The summed E-state index contributed by atoms with van der Waals surface area (Å²) in [7, 11) is 0. The Hall–Kier alpha value is -2.04. The summed E-state index contributed by atoms with van der Waals surface area (Å²) in [6, 6.07) is 11.6. The van der Waals surface area contributed by atoms with Gasteiger partial charge >= 0.3 is 0 Å². The van der Waals surface area contributed by atoms with Crippen LogP contribution in [0.1, 0.15) is 37.8 Å². The van der Waals surface area contributed by atoms with Crippen LogP contribution in [0.3, 0.4) is 0 Å². The molecule has 2 aromatic carbocycles. The highest BCUT2D eigenvalue weighted by atomic mass is 35.5. The monoisotopic (exact) mass is 390 g/mol. The number of nitrogens with one attached hydrogen (secondary N) is 2. The van der Waals surface area contributed by atoms with Crippen LogP contribution in [0.25, 0.3) is 0 Å². The number of hydrogen-bond donors (Lipinski definition) is 2. The van der Waals surface area contributed by atoms with Crippen molar-refractivity contribution in [3.63, 3.8) is 0 Å². The Morgan fingerprint density at radius 1 is 0.769 bits per heavy atom. The largest absolute Gasteiger partial charge is 0.278 e. The van der Waals surface area contributed by atoms with Crippen molar-refractivity contribution in [2.45, 2.75) is 40.5 Å². The average molecular weight is 391 g/mol. The van der Waals surface area contributed by atoms with E-state index in [-0.39, 0.29) is 0 Å². The first-order chi connectivity index (χ1) is 12.4. The molecule has 26 heavy (non-hydrogen) atoms. The molecule has 4 nitrogen and oxygen atoms in total. The molecule has 0 aromatic heterocycles. The molecule has 0 aliphatic heterocycles. The van der Waals surface area contributed by atoms with E-state index in [0.29, 0.717) is 10.0 Å². The molecule has 0 heterocycles. The zero-order chi connectivity index (χ0) is 19.1. The number of rotatable bonds is 7. The van der Waals surface area contributed by atoms with Crippen LogP contribution in [0, 0.1) is 13.8 Å². The highest BCUT2D eigenvalue weighted by Gasteiger charge is 2.06. The predicted octanol–water partition coefficient (Wildman–Crippen LogP) is 6.67. The Kier molecular flexibility index (Phi) is 7.49. The van der Waals surface area contributed by atoms with Crippen molar-refractivity contribution in [2.75, 3.05) is 10.9 Å².